The van der Waals surface area contributed by atoms with Crippen molar-refractivity contribution in [1.82, 2.24) is 19.9 Å². The second kappa shape index (κ2) is 9.34. The zero-order valence-electron chi connectivity index (χ0n) is 17.6. The molecular formula is C23H25N5O2S. The average molecular weight is 436 g/mol. The molecule has 1 aromatic carbocycles. The van der Waals surface area contributed by atoms with E-state index in [1.165, 1.54) is 4.90 Å². The number of aryl methyl sites for hydroxylation is 2. The molecule has 0 bridgehead atoms. The van der Waals surface area contributed by atoms with E-state index in [4.69, 9.17) is 0 Å². The van der Waals surface area contributed by atoms with Crippen LogP contribution in [0.4, 0.5) is 5.69 Å². The number of carbonyl (C=O) groups excluding carboxylic acids is 2. The van der Waals surface area contributed by atoms with Crippen LogP contribution in [0.5, 0.6) is 0 Å². The largest absolute Gasteiger partial charge is 0.351 e. The topological polar surface area (TPSA) is 88.1 Å². The normalized spacial score (nSPS) is 14.9. The minimum absolute atomic E-state index is 0.121. The first-order valence-corrected chi connectivity index (χ1v) is 11.3. The number of hydrogen-bond acceptors (Lipinski definition) is 6. The van der Waals surface area contributed by atoms with Gasteiger partial charge < -0.3 is 5.32 Å². The number of carbonyl (C=O) groups is 2. The van der Waals surface area contributed by atoms with E-state index < -0.39 is 6.04 Å². The first-order valence-electron chi connectivity index (χ1n) is 10.4. The molecule has 0 spiro atoms. The van der Waals surface area contributed by atoms with Crippen molar-refractivity contribution < 1.29 is 9.59 Å². The van der Waals surface area contributed by atoms with Gasteiger partial charge in [0.25, 0.3) is 5.91 Å². The summed E-state index contributed by atoms with van der Waals surface area (Å²) in [5.41, 5.74) is 3.26. The van der Waals surface area contributed by atoms with Gasteiger partial charge in [0, 0.05) is 23.3 Å². The standard InChI is InChI=1S/C23H25N5O2S/c1-15-10-11-16(2)20(13-15)28(23(30)19-14-31-27-26-19)21(18-9-5-6-12-24-18)22(29)25-17-7-3-4-8-17/h5-6,9-14,17,21H,3-4,7-8H2,1-2H3,(H,25,29)/t21-/m1/s1. The highest BCUT2D eigenvalue weighted by atomic mass is 32.1. The van der Waals surface area contributed by atoms with Gasteiger partial charge in [-0.25, -0.2) is 0 Å². The Hall–Kier alpha value is -3.13. The van der Waals surface area contributed by atoms with E-state index in [1.807, 2.05) is 38.1 Å². The Bertz CT molecular complexity index is 1050. The molecule has 8 heteroatoms. The van der Waals surface area contributed by atoms with Crippen LogP contribution >= 0.6 is 11.5 Å². The summed E-state index contributed by atoms with van der Waals surface area (Å²) in [5.74, 6) is -0.609. The molecule has 0 saturated heterocycles. The highest BCUT2D eigenvalue weighted by Crippen LogP contribution is 2.32. The predicted octanol–water partition coefficient (Wildman–Crippen LogP) is 4.00. The Morgan fingerprint density at radius 2 is 1.97 bits per heavy atom. The van der Waals surface area contributed by atoms with Gasteiger partial charge in [-0.15, -0.1) is 5.10 Å². The zero-order chi connectivity index (χ0) is 21.8. The second-order valence-electron chi connectivity index (χ2n) is 7.90. The Morgan fingerprint density at radius 3 is 2.65 bits per heavy atom. The van der Waals surface area contributed by atoms with E-state index in [0.29, 0.717) is 11.4 Å². The molecule has 7 nitrogen and oxygen atoms in total. The van der Waals surface area contributed by atoms with Gasteiger partial charge in [-0.2, -0.15) is 0 Å². The summed E-state index contributed by atoms with van der Waals surface area (Å²) in [6.07, 6.45) is 5.75. The fraction of sp³-hybridized carbons (Fsp3) is 0.348. The first kappa shape index (κ1) is 21.1. The monoisotopic (exact) mass is 435 g/mol. The molecule has 1 aliphatic rings. The van der Waals surface area contributed by atoms with Gasteiger partial charge in [0.05, 0.1) is 5.69 Å². The van der Waals surface area contributed by atoms with E-state index in [9.17, 15) is 9.59 Å². The van der Waals surface area contributed by atoms with E-state index in [0.717, 1.165) is 48.3 Å². The van der Waals surface area contributed by atoms with Gasteiger partial charge in [-0.05, 0) is 67.5 Å². The van der Waals surface area contributed by atoms with Crippen molar-refractivity contribution in [2.75, 3.05) is 4.90 Å². The van der Waals surface area contributed by atoms with Gasteiger partial charge in [0.2, 0.25) is 5.91 Å². The highest BCUT2D eigenvalue weighted by molar-refractivity contribution is 7.03. The third kappa shape index (κ3) is 4.64. The summed E-state index contributed by atoms with van der Waals surface area (Å²) in [6, 6.07) is 10.5. The Balaban J connectivity index is 1.83. The molecular weight excluding hydrogens is 410 g/mol. The minimum atomic E-state index is -0.920. The number of aromatic nitrogens is 3. The van der Waals surface area contributed by atoms with E-state index in [2.05, 4.69) is 19.9 Å². The molecule has 160 valence electrons. The van der Waals surface area contributed by atoms with E-state index in [1.54, 1.807) is 23.7 Å². The molecule has 3 aromatic rings. The number of benzene rings is 1. The summed E-state index contributed by atoms with van der Waals surface area (Å²) >= 11 is 1.11. The van der Waals surface area contributed by atoms with E-state index >= 15 is 0 Å². The number of rotatable bonds is 6. The molecule has 1 N–H and O–H groups in total. The number of nitrogens with zero attached hydrogens (tertiary/aromatic N) is 4. The van der Waals surface area contributed by atoms with Crippen molar-refractivity contribution in [2.24, 2.45) is 0 Å². The molecule has 0 unspecified atom stereocenters. The lowest BCUT2D eigenvalue weighted by atomic mass is 10.0. The molecule has 2 heterocycles. The third-order valence-corrected chi connectivity index (χ3v) is 6.10. The van der Waals surface area contributed by atoms with Gasteiger partial charge in [0.1, 0.15) is 0 Å². The summed E-state index contributed by atoms with van der Waals surface area (Å²) in [6.45, 7) is 3.89. The number of hydrogen-bond donors (Lipinski definition) is 1. The quantitative estimate of drug-likeness (QED) is 0.632. The van der Waals surface area contributed by atoms with Crippen LogP contribution in [0.3, 0.4) is 0 Å². The lowest BCUT2D eigenvalue weighted by molar-refractivity contribution is -0.123. The van der Waals surface area contributed by atoms with Crippen LogP contribution in [0, 0.1) is 13.8 Å². The number of amides is 2. The van der Waals surface area contributed by atoms with Crippen LogP contribution in [-0.2, 0) is 4.79 Å². The zero-order valence-corrected chi connectivity index (χ0v) is 18.4. The molecule has 1 aliphatic carbocycles. The fourth-order valence-electron chi connectivity index (χ4n) is 4.00. The van der Waals surface area contributed by atoms with E-state index in [-0.39, 0.29) is 23.6 Å². The molecule has 2 aromatic heterocycles. The van der Waals surface area contributed by atoms with Gasteiger partial charge in [0.15, 0.2) is 11.7 Å². The highest BCUT2D eigenvalue weighted by Gasteiger charge is 2.37. The van der Waals surface area contributed by atoms with Crippen molar-refractivity contribution in [3.05, 3.63) is 70.5 Å². The maximum absolute atomic E-state index is 13.6. The summed E-state index contributed by atoms with van der Waals surface area (Å²) in [4.78, 5) is 33.2. The third-order valence-electron chi connectivity index (χ3n) is 5.60. The Labute approximate surface area is 185 Å². The minimum Gasteiger partial charge on any atom is -0.351 e. The second-order valence-corrected chi connectivity index (χ2v) is 8.51. The smallest absolute Gasteiger partial charge is 0.280 e. The predicted molar refractivity (Wildman–Crippen MR) is 120 cm³/mol. The first-order chi connectivity index (χ1) is 15.0. The van der Waals surface area contributed by atoms with Crippen LogP contribution in [0.15, 0.2) is 48.0 Å². The van der Waals surface area contributed by atoms with Crippen molar-refractivity contribution in [1.29, 1.82) is 0 Å². The number of anilines is 1. The molecule has 2 amide bonds. The summed E-state index contributed by atoms with van der Waals surface area (Å²) < 4.78 is 3.85. The number of nitrogens with one attached hydrogen (secondary N) is 1. The van der Waals surface area contributed by atoms with Crippen LogP contribution in [0.2, 0.25) is 0 Å². The SMILES string of the molecule is Cc1ccc(C)c(N(C(=O)c2csnn2)[C@@H](C(=O)NC2CCCC2)c2ccccn2)c1. The van der Waals surface area contributed by atoms with Crippen molar-refractivity contribution in [3.63, 3.8) is 0 Å². The van der Waals surface area contributed by atoms with Gasteiger partial charge in [-0.1, -0.05) is 35.5 Å². The van der Waals surface area contributed by atoms with Gasteiger partial charge >= 0.3 is 0 Å². The number of pyridine rings is 1. The van der Waals surface area contributed by atoms with Crippen molar-refractivity contribution in [2.45, 2.75) is 51.6 Å². The van der Waals surface area contributed by atoms with Crippen LogP contribution in [-0.4, -0.2) is 32.4 Å². The van der Waals surface area contributed by atoms with Crippen molar-refractivity contribution >= 4 is 29.0 Å². The lowest BCUT2D eigenvalue weighted by Gasteiger charge is -2.32. The van der Waals surface area contributed by atoms with Crippen LogP contribution in [0.1, 0.15) is 59.0 Å². The molecule has 0 radical (unpaired) electrons. The molecule has 1 atom stereocenters. The molecule has 0 aliphatic heterocycles. The molecule has 31 heavy (non-hydrogen) atoms. The fourth-order valence-corrected chi connectivity index (χ4v) is 4.43. The van der Waals surface area contributed by atoms with Crippen molar-refractivity contribution in [3.8, 4) is 0 Å². The molecule has 1 saturated carbocycles. The Kier molecular flexibility index (Phi) is 6.36. The van der Waals surface area contributed by atoms with Gasteiger partial charge in [-0.3, -0.25) is 19.5 Å². The molecule has 4 rings (SSSR count). The average Bonchev–Trinajstić information content (AvgIpc) is 3.48. The molecule has 1 fully saturated rings. The lowest BCUT2D eigenvalue weighted by Crippen LogP contribution is -2.47. The van der Waals surface area contributed by atoms with Crippen LogP contribution < -0.4 is 10.2 Å². The Morgan fingerprint density at radius 1 is 1.16 bits per heavy atom. The summed E-state index contributed by atoms with van der Waals surface area (Å²) in [7, 11) is 0. The van der Waals surface area contributed by atoms with Crippen LogP contribution in [0.25, 0.3) is 0 Å². The summed E-state index contributed by atoms with van der Waals surface area (Å²) in [5, 5.41) is 8.74. The maximum atomic E-state index is 13.6. The maximum Gasteiger partial charge on any atom is 0.280 e.